The molecule has 0 saturated carbocycles. The first-order valence-electron chi connectivity index (χ1n) is 8.06. The van der Waals surface area contributed by atoms with Crippen molar-refractivity contribution in [2.45, 2.75) is 6.92 Å². The van der Waals surface area contributed by atoms with Gasteiger partial charge < -0.3 is 5.11 Å². The fraction of sp³-hybridized carbons (Fsp3) is 0.0500. The topological polar surface area (TPSA) is 72.2 Å². The van der Waals surface area contributed by atoms with Gasteiger partial charge in [-0.15, -0.1) is 11.3 Å². The van der Waals surface area contributed by atoms with Crippen molar-refractivity contribution in [1.82, 2.24) is 9.55 Å². The first kappa shape index (κ1) is 20.1. The first-order valence-corrected chi connectivity index (χ1v) is 9.69. The van der Waals surface area contributed by atoms with Crippen LogP contribution in [0.25, 0.3) is 21.5 Å². The molecule has 1 N–H and O–H groups in total. The van der Waals surface area contributed by atoms with Gasteiger partial charge in [-0.1, -0.05) is 59.1 Å². The highest BCUT2D eigenvalue weighted by Gasteiger charge is 2.22. The number of thiazole rings is 1. The molecule has 142 valence electrons. The molecule has 0 aliphatic rings. The van der Waals surface area contributed by atoms with E-state index in [0.29, 0.717) is 15.6 Å². The zero-order valence-corrected chi connectivity index (χ0v) is 16.9. The van der Waals surface area contributed by atoms with Crippen LogP contribution < -0.4 is 0 Å². The number of hydrogen-bond donors (Lipinski definition) is 1. The quantitative estimate of drug-likeness (QED) is 0.408. The molecular weight excluding hydrogens is 419 g/mol. The summed E-state index contributed by atoms with van der Waals surface area (Å²) in [6, 6.07) is 13.2. The van der Waals surface area contributed by atoms with E-state index < -0.39 is 0 Å². The van der Waals surface area contributed by atoms with Crippen LogP contribution in [0, 0.1) is 6.92 Å². The second-order valence-electron chi connectivity index (χ2n) is 5.79. The van der Waals surface area contributed by atoms with Gasteiger partial charge in [0.05, 0.1) is 21.1 Å². The molecule has 0 bridgehead atoms. The number of rotatable bonds is 2. The highest BCUT2D eigenvalue weighted by molar-refractivity contribution is 7.16. The number of carbonyl (C=O) groups excluding carboxylic acids is 1. The third-order valence-electron chi connectivity index (χ3n) is 4.04. The smallest absolute Gasteiger partial charge is 0.290 e. The predicted molar refractivity (Wildman–Crippen MR) is 113 cm³/mol. The molecule has 8 heteroatoms. The van der Waals surface area contributed by atoms with Crippen LogP contribution in [0.3, 0.4) is 0 Å². The van der Waals surface area contributed by atoms with Crippen molar-refractivity contribution in [3.63, 3.8) is 0 Å². The van der Waals surface area contributed by atoms with Crippen LogP contribution in [0.1, 0.15) is 15.9 Å². The molecule has 2 aromatic heterocycles. The number of benzene rings is 2. The number of halogens is 2. The highest BCUT2D eigenvalue weighted by Crippen LogP contribution is 2.34. The molecule has 5 nitrogen and oxygen atoms in total. The van der Waals surface area contributed by atoms with Gasteiger partial charge in [-0.2, -0.15) is 0 Å². The maximum Gasteiger partial charge on any atom is 0.290 e. The Labute approximate surface area is 174 Å². The molecule has 28 heavy (non-hydrogen) atoms. The van der Waals surface area contributed by atoms with E-state index in [0.717, 1.165) is 21.5 Å². The van der Waals surface area contributed by atoms with Gasteiger partial charge >= 0.3 is 0 Å². The average molecular weight is 433 g/mol. The van der Waals surface area contributed by atoms with E-state index in [9.17, 15) is 4.79 Å². The van der Waals surface area contributed by atoms with Gasteiger partial charge in [-0.05, 0) is 24.6 Å². The SMILES string of the molecule is Cc1ccc(-c2cn(C(=O)c3c(Cl)cccc3Cl)c3scnc23)cc1.O=CO. The molecule has 0 radical (unpaired) electrons. The minimum atomic E-state index is -0.261. The van der Waals surface area contributed by atoms with Crippen LogP contribution in [0.15, 0.2) is 54.2 Å². The van der Waals surface area contributed by atoms with Crippen molar-refractivity contribution in [2.75, 3.05) is 0 Å². The van der Waals surface area contributed by atoms with Crippen molar-refractivity contribution < 1.29 is 14.7 Å². The summed E-state index contributed by atoms with van der Waals surface area (Å²) >= 11 is 13.8. The van der Waals surface area contributed by atoms with Crippen LogP contribution in [-0.4, -0.2) is 27.0 Å². The van der Waals surface area contributed by atoms with Gasteiger partial charge in [0, 0.05) is 11.8 Å². The van der Waals surface area contributed by atoms with E-state index >= 15 is 0 Å². The predicted octanol–water partition coefficient (Wildman–Crippen LogP) is 5.77. The van der Waals surface area contributed by atoms with Gasteiger partial charge in [-0.3, -0.25) is 14.2 Å². The monoisotopic (exact) mass is 432 g/mol. The van der Waals surface area contributed by atoms with E-state index in [4.69, 9.17) is 33.1 Å². The molecule has 0 spiro atoms. The Morgan fingerprint density at radius 3 is 2.36 bits per heavy atom. The standard InChI is InChI=1S/C19H12Cl2N2OS.CH2O2/c1-11-5-7-12(8-6-11)13-9-23(19-17(13)22-10-25-19)18(24)16-14(20)3-2-4-15(16)21;2-1-3/h2-10H,1H3;1H,(H,2,3). The van der Waals surface area contributed by atoms with Crippen molar-refractivity contribution >= 4 is 57.3 Å². The van der Waals surface area contributed by atoms with Crippen LogP contribution in [-0.2, 0) is 4.79 Å². The molecule has 2 aromatic carbocycles. The fourth-order valence-electron chi connectivity index (χ4n) is 2.76. The Bertz CT molecular complexity index is 1130. The number of fused-ring (bicyclic) bond motifs is 1. The largest absolute Gasteiger partial charge is 0.483 e. The third kappa shape index (κ3) is 3.80. The summed E-state index contributed by atoms with van der Waals surface area (Å²) in [5.74, 6) is -0.261. The first-order chi connectivity index (χ1) is 13.5. The molecular formula is C20H14Cl2N2O3S. The van der Waals surface area contributed by atoms with Gasteiger partial charge in [0.25, 0.3) is 12.4 Å². The summed E-state index contributed by atoms with van der Waals surface area (Å²) in [5, 5.41) is 7.56. The number of nitrogens with zero attached hydrogens (tertiary/aromatic N) is 2. The second kappa shape index (κ2) is 8.56. The number of aryl methyl sites for hydroxylation is 1. The zero-order valence-electron chi connectivity index (χ0n) is 14.6. The van der Waals surface area contributed by atoms with Gasteiger partial charge in [0.2, 0.25) is 0 Å². The molecule has 0 aliphatic carbocycles. The molecule has 4 rings (SSSR count). The van der Waals surface area contributed by atoms with Crippen molar-refractivity contribution in [2.24, 2.45) is 0 Å². The summed E-state index contributed by atoms with van der Waals surface area (Å²) in [4.78, 5) is 26.6. The van der Waals surface area contributed by atoms with Crippen LogP contribution in [0.4, 0.5) is 0 Å². The summed E-state index contributed by atoms with van der Waals surface area (Å²) < 4.78 is 1.58. The summed E-state index contributed by atoms with van der Waals surface area (Å²) in [7, 11) is 0. The molecule has 0 aliphatic heterocycles. The fourth-order valence-corrected chi connectivity index (χ4v) is 4.10. The van der Waals surface area contributed by atoms with Gasteiger partial charge in [-0.25, -0.2) is 4.98 Å². The number of aromatic nitrogens is 2. The number of carbonyl (C=O) groups is 2. The van der Waals surface area contributed by atoms with E-state index in [-0.39, 0.29) is 12.4 Å². The van der Waals surface area contributed by atoms with Crippen molar-refractivity contribution in [1.29, 1.82) is 0 Å². The normalized spacial score (nSPS) is 10.4. The van der Waals surface area contributed by atoms with Crippen LogP contribution >= 0.6 is 34.5 Å². The van der Waals surface area contributed by atoms with Gasteiger partial charge in [0.15, 0.2) is 0 Å². The van der Waals surface area contributed by atoms with E-state index in [2.05, 4.69) is 4.98 Å². The molecule has 0 fully saturated rings. The lowest BCUT2D eigenvalue weighted by atomic mass is 10.1. The number of hydrogen-bond acceptors (Lipinski definition) is 4. The van der Waals surface area contributed by atoms with Gasteiger partial charge in [0.1, 0.15) is 10.3 Å². The molecule has 2 heterocycles. The second-order valence-corrected chi connectivity index (χ2v) is 7.44. The Balaban J connectivity index is 0.000000706. The molecule has 0 saturated heterocycles. The lowest BCUT2D eigenvalue weighted by molar-refractivity contribution is -0.122. The molecule has 0 amide bonds. The van der Waals surface area contributed by atoms with E-state index in [1.54, 1.807) is 34.5 Å². The third-order valence-corrected chi connectivity index (χ3v) is 5.49. The molecule has 4 aromatic rings. The van der Waals surface area contributed by atoms with E-state index in [1.807, 2.05) is 31.2 Å². The zero-order chi connectivity index (χ0) is 20.3. The maximum atomic E-state index is 13.1. The van der Waals surface area contributed by atoms with Crippen molar-refractivity contribution in [3.05, 3.63) is 75.3 Å². The number of carboxylic acid groups (broad SMARTS) is 1. The summed E-state index contributed by atoms with van der Waals surface area (Å²) in [6.07, 6.45) is 1.81. The van der Waals surface area contributed by atoms with Crippen LogP contribution in [0.5, 0.6) is 0 Å². The Morgan fingerprint density at radius 1 is 1.14 bits per heavy atom. The Kier molecular flexibility index (Phi) is 6.14. The van der Waals surface area contributed by atoms with E-state index in [1.165, 1.54) is 16.9 Å². The minimum absolute atomic E-state index is 0.250. The lowest BCUT2D eigenvalue weighted by Crippen LogP contribution is -2.11. The highest BCUT2D eigenvalue weighted by atomic mass is 35.5. The maximum absolute atomic E-state index is 13.1. The molecule has 0 unspecified atom stereocenters. The molecule has 0 atom stereocenters. The summed E-state index contributed by atoms with van der Waals surface area (Å²) in [6.45, 7) is 1.79. The Morgan fingerprint density at radius 2 is 1.75 bits per heavy atom. The average Bonchev–Trinajstić information content (AvgIpc) is 3.25. The minimum Gasteiger partial charge on any atom is -0.483 e. The van der Waals surface area contributed by atoms with Crippen molar-refractivity contribution in [3.8, 4) is 11.1 Å². The van der Waals surface area contributed by atoms with Crippen LogP contribution in [0.2, 0.25) is 10.0 Å². The lowest BCUT2D eigenvalue weighted by Gasteiger charge is -2.07. The summed E-state index contributed by atoms with van der Waals surface area (Å²) in [5.41, 5.74) is 5.93. The Hall–Kier alpha value is -2.67.